The highest BCUT2D eigenvalue weighted by molar-refractivity contribution is 5.98. The molecule has 1 fully saturated rings. The molecule has 1 aliphatic heterocycles. The van der Waals surface area contributed by atoms with Gasteiger partial charge in [0.1, 0.15) is 22.8 Å². The summed E-state index contributed by atoms with van der Waals surface area (Å²) in [5, 5.41) is 36.3. The fourth-order valence-corrected chi connectivity index (χ4v) is 6.40. The normalized spacial score (nSPS) is 22.2. The number of aromatic hydroxyl groups is 2. The van der Waals surface area contributed by atoms with Gasteiger partial charge in [-0.1, -0.05) is 12.2 Å². The molecule has 4 rings (SSSR count). The van der Waals surface area contributed by atoms with E-state index in [1.165, 1.54) is 27.4 Å². The first-order chi connectivity index (χ1) is 22.6. The molecule has 2 aromatic carbocycles. The first-order valence-corrected chi connectivity index (χ1v) is 16.3. The Morgan fingerprint density at radius 2 is 1.62 bits per heavy atom. The van der Waals surface area contributed by atoms with Crippen molar-refractivity contribution in [3.05, 3.63) is 46.5 Å². The molecule has 2 atom stereocenters. The van der Waals surface area contributed by atoms with Gasteiger partial charge in [-0.25, -0.2) is 4.79 Å². The molecule has 1 amide bonds. The largest absolute Gasteiger partial charge is 0.507 e. The minimum absolute atomic E-state index is 0.0306. The average Bonchev–Trinajstić information content (AvgIpc) is 3.03. The average molecular weight is 654 g/mol. The van der Waals surface area contributed by atoms with Crippen LogP contribution in [0.3, 0.4) is 0 Å². The highest BCUT2D eigenvalue weighted by Crippen LogP contribution is 2.47. The van der Waals surface area contributed by atoms with Crippen molar-refractivity contribution in [2.45, 2.75) is 102 Å². The molecule has 256 valence electrons. The number of hydrogen-bond donors (Lipinski definition) is 4. The van der Waals surface area contributed by atoms with E-state index in [1.807, 2.05) is 0 Å². The van der Waals surface area contributed by atoms with E-state index in [9.17, 15) is 29.7 Å². The highest BCUT2D eigenvalue weighted by atomic mass is 16.5. The maximum atomic E-state index is 13.7. The molecule has 1 saturated carbocycles. The molecule has 4 N–H and O–H groups in total. The molecular weight excluding hydrogens is 606 g/mol. The van der Waals surface area contributed by atoms with Crippen LogP contribution in [0.2, 0.25) is 0 Å². The van der Waals surface area contributed by atoms with Crippen LogP contribution in [0.15, 0.2) is 24.3 Å². The van der Waals surface area contributed by atoms with E-state index >= 15 is 0 Å². The molecule has 47 heavy (non-hydrogen) atoms. The predicted octanol–water partition coefficient (Wildman–Crippen LogP) is 5.55. The summed E-state index contributed by atoms with van der Waals surface area (Å²) in [4.78, 5) is 39.4. The summed E-state index contributed by atoms with van der Waals surface area (Å²) >= 11 is 0. The van der Waals surface area contributed by atoms with Crippen molar-refractivity contribution in [3.63, 3.8) is 0 Å². The number of phenols is 2. The molecule has 0 aromatic heterocycles. The molecule has 11 heteroatoms. The molecule has 1 heterocycles. The smallest absolute Gasteiger partial charge is 0.342 e. The SMILES string of the molecule is COc1cc(C(CC(=O)NC2CCC(O)CC2)c2c(O)cc3c(c2O)C(=O)O[C@@H](C)CCCC(=O)CCC/C=C/3)cc(OC)c1OC. The Bertz CT molecular complexity index is 1440. The summed E-state index contributed by atoms with van der Waals surface area (Å²) in [5.74, 6) is -1.81. The van der Waals surface area contributed by atoms with Crippen LogP contribution in [0, 0.1) is 0 Å². The summed E-state index contributed by atoms with van der Waals surface area (Å²) < 4.78 is 22.4. The van der Waals surface area contributed by atoms with Crippen molar-refractivity contribution in [2.75, 3.05) is 21.3 Å². The number of nitrogens with one attached hydrogen (secondary N) is 1. The Balaban J connectivity index is 1.83. The standard InChI is InChI=1S/C36H47NO10/c1-21-9-8-12-25(38)11-7-5-6-10-22-17-28(40)33(34(42)32(22)36(43)47-21)27(20-31(41)37-24-13-15-26(39)16-14-24)23-18-29(44-2)35(46-4)30(19-23)45-3/h6,10,17-19,21,24,26-27,39-40,42H,5,7-9,11-16,20H2,1-4H3,(H,37,41)/b10-6+/t21-,24?,26?,27?/m0/s1. The molecule has 0 radical (unpaired) electrons. The van der Waals surface area contributed by atoms with Gasteiger partial charge in [0, 0.05) is 36.8 Å². The molecule has 1 unspecified atom stereocenters. The number of ketones is 1. The number of hydrogen-bond acceptors (Lipinski definition) is 10. The number of carbonyl (C=O) groups is 3. The minimum Gasteiger partial charge on any atom is -0.507 e. The summed E-state index contributed by atoms with van der Waals surface area (Å²) in [6.07, 6.45) is 7.81. The van der Waals surface area contributed by atoms with Gasteiger partial charge in [-0.2, -0.15) is 0 Å². The first kappa shape index (κ1) is 35.6. The monoisotopic (exact) mass is 653 g/mol. The van der Waals surface area contributed by atoms with Gasteiger partial charge in [-0.05, 0) is 87.6 Å². The molecule has 0 bridgehead atoms. The molecule has 1 aliphatic carbocycles. The first-order valence-electron chi connectivity index (χ1n) is 16.3. The number of Topliss-reactive ketones (excluding diaryl/α,β-unsaturated/α-hetero) is 1. The lowest BCUT2D eigenvalue weighted by Crippen LogP contribution is -2.39. The molecule has 2 aromatic rings. The van der Waals surface area contributed by atoms with Gasteiger partial charge in [-0.3, -0.25) is 9.59 Å². The number of cyclic esters (lactones) is 1. The zero-order valence-corrected chi connectivity index (χ0v) is 27.7. The number of aliphatic hydroxyl groups excluding tert-OH is 1. The van der Waals surface area contributed by atoms with Crippen LogP contribution in [-0.4, -0.2) is 72.6 Å². The number of ether oxygens (including phenoxy) is 4. The van der Waals surface area contributed by atoms with Crippen LogP contribution in [0.4, 0.5) is 0 Å². The number of methoxy groups -OCH3 is 3. The third-order valence-corrected chi connectivity index (χ3v) is 8.94. The second-order valence-corrected chi connectivity index (χ2v) is 12.4. The van der Waals surface area contributed by atoms with Crippen LogP contribution in [0.25, 0.3) is 6.08 Å². The molecule has 11 nitrogen and oxygen atoms in total. The second kappa shape index (κ2) is 16.5. The summed E-state index contributed by atoms with van der Waals surface area (Å²) in [5.41, 5.74) is 0.547. The van der Waals surface area contributed by atoms with E-state index < -0.39 is 23.7 Å². The van der Waals surface area contributed by atoms with Gasteiger partial charge in [0.05, 0.1) is 33.5 Å². The number of rotatable bonds is 8. The van der Waals surface area contributed by atoms with E-state index in [0.29, 0.717) is 87.0 Å². The predicted molar refractivity (Wildman–Crippen MR) is 175 cm³/mol. The van der Waals surface area contributed by atoms with Gasteiger partial charge in [0.15, 0.2) is 11.5 Å². The van der Waals surface area contributed by atoms with Gasteiger partial charge < -0.3 is 39.6 Å². The highest BCUT2D eigenvalue weighted by Gasteiger charge is 2.33. The Hall–Kier alpha value is -4.25. The van der Waals surface area contributed by atoms with Crippen LogP contribution < -0.4 is 19.5 Å². The number of aliphatic hydroxyl groups is 1. The lowest BCUT2D eigenvalue weighted by atomic mass is 9.84. The molecule has 0 spiro atoms. The fraction of sp³-hybridized carbons (Fsp3) is 0.528. The van der Waals surface area contributed by atoms with E-state index in [2.05, 4.69) is 5.32 Å². The van der Waals surface area contributed by atoms with E-state index in [4.69, 9.17) is 18.9 Å². The van der Waals surface area contributed by atoms with E-state index in [-0.39, 0.29) is 52.7 Å². The molecule has 0 saturated heterocycles. The van der Waals surface area contributed by atoms with Crippen molar-refractivity contribution < 1.29 is 48.7 Å². The van der Waals surface area contributed by atoms with Crippen molar-refractivity contribution in [1.29, 1.82) is 0 Å². The zero-order valence-electron chi connectivity index (χ0n) is 27.7. The van der Waals surface area contributed by atoms with Crippen molar-refractivity contribution in [2.24, 2.45) is 0 Å². The Morgan fingerprint density at radius 3 is 2.26 bits per heavy atom. The minimum atomic E-state index is -0.962. The van der Waals surface area contributed by atoms with Crippen LogP contribution in [0.1, 0.15) is 111 Å². The van der Waals surface area contributed by atoms with Crippen LogP contribution in [0.5, 0.6) is 28.7 Å². The van der Waals surface area contributed by atoms with Crippen molar-refractivity contribution >= 4 is 23.7 Å². The topological polar surface area (TPSA) is 161 Å². The summed E-state index contributed by atoms with van der Waals surface area (Å²) in [7, 11) is 4.39. The number of phenolic OH excluding ortho intramolecular Hbond substituents is 2. The molecular formula is C36H47NO10. The number of esters is 1. The number of benzene rings is 2. The second-order valence-electron chi connectivity index (χ2n) is 12.4. The van der Waals surface area contributed by atoms with Crippen molar-refractivity contribution in [3.8, 4) is 28.7 Å². The van der Waals surface area contributed by atoms with Gasteiger partial charge >= 0.3 is 5.97 Å². The summed E-state index contributed by atoms with van der Waals surface area (Å²) in [6.45, 7) is 1.73. The van der Waals surface area contributed by atoms with E-state index in [0.717, 1.165) is 0 Å². The van der Waals surface area contributed by atoms with Crippen LogP contribution in [-0.2, 0) is 14.3 Å². The zero-order chi connectivity index (χ0) is 34.1. The Labute approximate surface area is 275 Å². The van der Waals surface area contributed by atoms with E-state index in [1.54, 1.807) is 31.2 Å². The summed E-state index contributed by atoms with van der Waals surface area (Å²) in [6, 6.07) is 4.54. The Morgan fingerprint density at radius 1 is 0.957 bits per heavy atom. The maximum Gasteiger partial charge on any atom is 0.342 e. The number of allylic oxidation sites excluding steroid dienone is 1. The van der Waals surface area contributed by atoms with Gasteiger partial charge in [0.2, 0.25) is 11.7 Å². The maximum absolute atomic E-state index is 13.7. The quantitative estimate of drug-likeness (QED) is 0.266. The van der Waals surface area contributed by atoms with Gasteiger partial charge in [-0.15, -0.1) is 0 Å². The molecule has 2 aliphatic rings. The van der Waals surface area contributed by atoms with Crippen molar-refractivity contribution in [1.82, 2.24) is 5.32 Å². The number of carbonyl (C=O) groups excluding carboxylic acids is 3. The lowest BCUT2D eigenvalue weighted by Gasteiger charge is -2.28. The number of fused-ring (bicyclic) bond motifs is 1. The Kier molecular flexibility index (Phi) is 12.5. The number of amides is 1. The fourth-order valence-electron chi connectivity index (χ4n) is 6.40. The van der Waals surface area contributed by atoms with Gasteiger partial charge in [0.25, 0.3) is 0 Å². The third-order valence-electron chi connectivity index (χ3n) is 8.94. The third kappa shape index (κ3) is 8.97. The van der Waals surface area contributed by atoms with Crippen LogP contribution >= 0.6 is 0 Å². The lowest BCUT2D eigenvalue weighted by molar-refractivity contribution is -0.122.